The molecule has 2 saturated heterocycles. The number of carbonyl (C=O) groups excluding carboxylic acids is 1. The summed E-state index contributed by atoms with van der Waals surface area (Å²) in [6.07, 6.45) is 8.34. The first-order chi connectivity index (χ1) is 7.72. The minimum atomic E-state index is 0. The monoisotopic (exact) mass is 258 g/mol. The Kier molecular flexibility index (Phi) is 3.99. The molecule has 0 aromatic carbocycles. The van der Waals surface area contributed by atoms with Gasteiger partial charge in [-0.3, -0.25) is 4.79 Å². The first-order valence-electron chi connectivity index (χ1n) is 6.74. The molecule has 98 valence electrons. The summed E-state index contributed by atoms with van der Waals surface area (Å²) in [5.41, 5.74) is 0. The minimum Gasteiger partial charge on any atom is -0.343 e. The molecule has 0 radical (unpaired) electrons. The number of fused-ring (bicyclic) bond motifs is 2. The number of nitrogens with zero attached hydrogens (tertiary/aromatic N) is 1. The number of carbonyl (C=O) groups is 1. The van der Waals surface area contributed by atoms with E-state index in [0.717, 1.165) is 6.42 Å². The molecule has 0 aromatic heterocycles. The molecule has 4 heteroatoms. The average molecular weight is 259 g/mol. The van der Waals surface area contributed by atoms with Crippen molar-refractivity contribution < 1.29 is 4.79 Å². The van der Waals surface area contributed by atoms with Gasteiger partial charge in [0.15, 0.2) is 0 Å². The lowest BCUT2D eigenvalue weighted by molar-refractivity contribution is -0.131. The van der Waals surface area contributed by atoms with Crippen molar-refractivity contribution in [2.24, 2.45) is 5.92 Å². The van der Waals surface area contributed by atoms with Gasteiger partial charge in [-0.2, -0.15) is 0 Å². The Morgan fingerprint density at radius 3 is 2.29 bits per heavy atom. The van der Waals surface area contributed by atoms with Gasteiger partial charge in [0.05, 0.1) is 0 Å². The van der Waals surface area contributed by atoms with E-state index in [0.29, 0.717) is 30.0 Å². The lowest BCUT2D eigenvalue weighted by atomic mass is 9.89. The van der Waals surface area contributed by atoms with Gasteiger partial charge in [0.25, 0.3) is 0 Å². The molecule has 2 bridgehead atoms. The van der Waals surface area contributed by atoms with Crippen molar-refractivity contribution in [2.75, 3.05) is 7.05 Å². The Balaban J connectivity index is 0.00000108. The Hall–Kier alpha value is -0.280. The SMILES string of the molecule is CN(C(=O)CC1CC2CCC(C1)N2)C1CC1.Cl. The Morgan fingerprint density at radius 2 is 1.76 bits per heavy atom. The standard InChI is InChI=1S/C13H22N2O.ClH/c1-15(12-4-5-12)13(16)8-9-6-10-2-3-11(7-9)14-10;/h9-12,14H,2-8H2,1H3;1H. The predicted molar refractivity (Wildman–Crippen MR) is 70.3 cm³/mol. The van der Waals surface area contributed by atoms with Crippen LogP contribution in [0.4, 0.5) is 0 Å². The maximum atomic E-state index is 12.0. The van der Waals surface area contributed by atoms with E-state index < -0.39 is 0 Å². The summed E-state index contributed by atoms with van der Waals surface area (Å²) in [7, 11) is 1.98. The predicted octanol–water partition coefficient (Wildman–Crippen LogP) is 1.95. The summed E-state index contributed by atoms with van der Waals surface area (Å²) in [6, 6.07) is 2.00. The van der Waals surface area contributed by atoms with Crippen LogP contribution < -0.4 is 5.32 Å². The average Bonchev–Trinajstić information content (AvgIpc) is 3.04. The molecule has 2 aliphatic heterocycles. The van der Waals surface area contributed by atoms with Gasteiger partial charge in [-0.25, -0.2) is 0 Å². The van der Waals surface area contributed by atoms with Crippen LogP contribution in [0, 0.1) is 5.92 Å². The zero-order chi connectivity index (χ0) is 11.1. The highest BCUT2D eigenvalue weighted by molar-refractivity contribution is 5.85. The first-order valence-corrected chi connectivity index (χ1v) is 6.74. The number of hydrogen-bond acceptors (Lipinski definition) is 2. The number of piperidine rings is 1. The molecule has 0 aromatic rings. The fraction of sp³-hybridized carbons (Fsp3) is 0.923. The number of rotatable bonds is 3. The molecule has 2 unspecified atom stereocenters. The summed E-state index contributed by atoms with van der Waals surface area (Å²) < 4.78 is 0. The molecule has 1 amide bonds. The molecule has 3 fully saturated rings. The van der Waals surface area contributed by atoms with Crippen LogP contribution in [0.2, 0.25) is 0 Å². The molecule has 1 N–H and O–H groups in total. The lowest BCUT2D eigenvalue weighted by Gasteiger charge is -2.30. The van der Waals surface area contributed by atoms with Gasteiger partial charge in [-0.05, 0) is 44.4 Å². The van der Waals surface area contributed by atoms with Gasteiger partial charge in [0.1, 0.15) is 0 Å². The summed E-state index contributed by atoms with van der Waals surface area (Å²) in [6.45, 7) is 0. The van der Waals surface area contributed by atoms with Crippen molar-refractivity contribution in [2.45, 2.75) is 63.1 Å². The Morgan fingerprint density at radius 1 is 1.18 bits per heavy atom. The second kappa shape index (κ2) is 5.15. The Bertz CT molecular complexity index is 281. The molecule has 2 atom stereocenters. The number of hydrogen-bond donors (Lipinski definition) is 1. The maximum absolute atomic E-state index is 12.0. The molecular formula is C13H23ClN2O. The van der Waals surface area contributed by atoms with E-state index in [-0.39, 0.29) is 12.4 Å². The smallest absolute Gasteiger partial charge is 0.222 e. The van der Waals surface area contributed by atoms with Gasteiger partial charge < -0.3 is 10.2 Å². The van der Waals surface area contributed by atoms with Gasteiger partial charge >= 0.3 is 0 Å². The van der Waals surface area contributed by atoms with Gasteiger partial charge in [-0.15, -0.1) is 12.4 Å². The van der Waals surface area contributed by atoms with E-state index in [1.54, 1.807) is 0 Å². The third-order valence-electron chi connectivity index (χ3n) is 4.52. The highest BCUT2D eigenvalue weighted by atomic mass is 35.5. The number of amides is 1. The van der Waals surface area contributed by atoms with Crippen LogP contribution in [0.5, 0.6) is 0 Å². The van der Waals surface area contributed by atoms with E-state index in [9.17, 15) is 4.79 Å². The van der Waals surface area contributed by atoms with Crippen LogP contribution in [0.25, 0.3) is 0 Å². The van der Waals surface area contributed by atoms with Crippen LogP contribution in [0.1, 0.15) is 44.9 Å². The minimum absolute atomic E-state index is 0. The molecular weight excluding hydrogens is 236 g/mol. The quantitative estimate of drug-likeness (QED) is 0.839. The lowest BCUT2D eigenvalue weighted by Crippen LogP contribution is -2.40. The second-order valence-corrected chi connectivity index (χ2v) is 5.92. The normalized spacial score (nSPS) is 35.2. The zero-order valence-corrected chi connectivity index (χ0v) is 11.3. The van der Waals surface area contributed by atoms with Crippen molar-refractivity contribution >= 4 is 18.3 Å². The highest BCUT2D eigenvalue weighted by Gasteiger charge is 2.36. The van der Waals surface area contributed by atoms with E-state index in [1.807, 2.05) is 11.9 Å². The van der Waals surface area contributed by atoms with E-state index in [4.69, 9.17) is 0 Å². The summed E-state index contributed by atoms with van der Waals surface area (Å²) in [5.74, 6) is 1.03. The molecule has 3 nitrogen and oxygen atoms in total. The molecule has 2 heterocycles. The largest absolute Gasteiger partial charge is 0.343 e. The topological polar surface area (TPSA) is 32.3 Å². The fourth-order valence-electron chi connectivity index (χ4n) is 3.40. The molecule has 3 rings (SSSR count). The first kappa shape index (κ1) is 13.2. The zero-order valence-electron chi connectivity index (χ0n) is 10.5. The van der Waals surface area contributed by atoms with Crippen molar-refractivity contribution in [3.63, 3.8) is 0 Å². The van der Waals surface area contributed by atoms with E-state index >= 15 is 0 Å². The number of halogens is 1. The van der Waals surface area contributed by atoms with Crippen molar-refractivity contribution in [1.82, 2.24) is 10.2 Å². The van der Waals surface area contributed by atoms with Gasteiger partial charge in [0, 0.05) is 31.6 Å². The maximum Gasteiger partial charge on any atom is 0.222 e. The van der Waals surface area contributed by atoms with E-state index in [1.165, 1.54) is 38.5 Å². The van der Waals surface area contributed by atoms with Crippen LogP contribution in [0.15, 0.2) is 0 Å². The molecule has 17 heavy (non-hydrogen) atoms. The van der Waals surface area contributed by atoms with Crippen LogP contribution in [-0.2, 0) is 4.79 Å². The fourth-order valence-corrected chi connectivity index (χ4v) is 3.40. The van der Waals surface area contributed by atoms with Gasteiger partial charge in [0.2, 0.25) is 5.91 Å². The highest BCUT2D eigenvalue weighted by Crippen LogP contribution is 2.34. The van der Waals surface area contributed by atoms with Crippen molar-refractivity contribution in [1.29, 1.82) is 0 Å². The second-order valence-electron chi connectivity index (χ2n) is 5.92. The summed E-state index contributed by atoms with van der Waals surface area (Å²) in [5, 5.41) is 3.63. The van der Waals surface area contributed by atoms with Crippen LogP contribution in [-0.4, -0.2) is 36.0 Å². The van der Waals surface area contributed by atoms with E-state index in [2.05, 4.69) is 5.32 Å². The summed E-state index contributed by atoms with van der Waals surface area (Å²) >= 11 is 0. The van der Waals surface area contributed by atoms with Gasteiger partial charge in [-0.1, -0.05) is 0 Å². The van der Waals surface area contributed by atoms with Crippen molar-refractivity contribution in [3.05, 3.63) is 0 Å². The number of nitrogens with one attached hydrogen (secondary N) is 1. The Labute approximate surface area is 110 Å². The van der Waals surface area contributed by atoms with Crippen LogP contribution in [0.3, 0.4) is 0 Å². The summed E-state index contributed by atoms with van der Waals surface area (Å²) in [4.78, 5) is 14.0. The molecule has 1 aliphatic carbocycles. The molecule has 0 spiro atoms. The third-order valence-corrected chi connectivity index (χ3v) is 4.52. The molecule has 1 saturated carbocycles. The van der Waals surface area contributed by atoms with Crippen molar-refractivity contribution in [3.8, 4) is 0 Å². The third kappa shape index (κ3) is 2.94. The molecule has 3 aliphatic rings. The van der Waals surface area contributed by atoms with Crippen LogP contribution >= 0.6 is 12.4 Å².